The van der Waals surface area contributed by atoms with E-state index in [0.29, 0.717) is 55.8 Å². The molecule has 0 N–H and O–H groups in total. The first-order valence-electron chi connectivity index (χ1n) is 11.7. The molecule has 0 heterocycles. The summed E-state index contributed by atoms with van der Waals surface area (Å²) >= 11 is 0. The summed E-state index contributed by atoms with van der Waals surface area (Å²) in [6.07, 6.45) is 2.11. The summed E-state index contributed by atoms with van der Waals surface area (Å²) in [5, 5.41) is 0. The Morgan fingerprint density at radius 2 is 1.42 bits per heavy atom. The summed E-state index contributed by atoms with van der Waals surface area (Å²) in [6, 6.07) is 12.9. The second-order valence-electron chi connectivity index (χ2n) is 7.81. The van der Waals surface area contributed by atoms with Gasteiger partial charge in [0.15, 0.2) is 6.61 Å². The molecule has 2 rings (SSSR count). The van der Waals surface area contributed by atoms with Crippen LogP contribution in [0.2, 0.25) is 0 Å². The molecule has 33 heavy (non-hydrogen) atoms. The van der Waals surface area contributed by atoms with Crippen molar-refractivity contribution in [1.82, 2.24) is 4.90 Å². The summed E-state index contributed by atoms with van der Waals surface area (Å²) in [5.74, 6) is 2.59. The fourth-order valence-corrected chi connectivity index (χ4v) is 3.11. The van der Waals surface area contributed by atoms with Crippen molar-refractivity contribution in [2.45, 2.75) is 33.6 Å². The van der Waals surface area contributed by atoms with Crippen molar-refractivity contribution in [3.8, 4) is 23.0 Å². The van der Waals surface area contributed by atoms with Crippen molar-refractivity contribution in [2.75, 3.05) is 58.5 Å². The van der Waals surface area contributed by atoms with Gasteiger partial charge >= 0.3 is 0 Å². The van der Waals surface area contributed by atoms with Crippen molar-refractivity contribution < 1.29 is 23.7 Å². The predicted molar refractivity (Wildman–Crippen MR) is 132 cm³/mol. The third-order valence-electron chi connectivity index (χ3n) is 4.86. The number of hydrogen-bond donors (Lipinski definition) is 0. The lowest BCUT2D eigenvalue weighted by atomic mass is 10.2. The van der Waals surface area contributed by atoms with Gasteiger partial charge in [0, 0.05) is 19.2 Å². The van der Waals surface area contributed by atoms with Crippen LogP contribution in [-0.2, 0) is 4.79 Å². The summed E-state index contributed by atoms with van der Waals surface area (Å²) in [4.78, 5) is 17.0. The molecule has 2 aromatic carbocycles. The van der Waals surface area contributed by atoms with Crippen LogP contribution >= 0.6 is 0 Å². The molecule has 0 aromatic heterocycles. The summed E-state index contributed by atoms with van der Waals surface area (Å²) in [5.41, 5.74) is 0.679. The third kappa shape index (κ3) is 8.85. The van der Waals surface area contributed by atoms with Crippen molar-refractivity contribution in [2.24, 2.45) is 0 Å². The van der Waals surface area contributed by atoms with Gasteiger partial charge in [-0.25, -0.2) is 0 Å². The zero-order chi connectivity index (χ0) is 24.1. The molecule has 0 saturated heterocycles. The van der Waals surface area contributed by atoms with E-state index < -0.39 is 0 Å². The molecule has 0 unspecified atom stereocenters. The molecule has 1 amide bonds. The van der Waals surface area contributed by atoms with Crippen LogP contribution < -0.4 is 23.8 Å². The molecule has 0 fully saturated rings. The van der Waals surface area contributed by atoms with Gasteiger partial charge in [-0.05, 0) is 70.8 Å². The number of hydrogen-bond acceptors (Lipinski definition) is 6. The number of rotatable bonds is 15. The van der Waals surface area contributed by atoms with Crippen molar-refractivity contribution in [3.05, 3.63) is 42.5 Å². The van der Waals surface area contributed by atoms with E-state index in [4.69, 9.17) is 18.9 Å². The maximum atomic E-state index is 13.3. The van der Waals surface area contributed by atoms with Gasteiger partial charge in [0.05, 0.1) is 25.5 Å². The number of benzene rings is 2. The van der Waals surface area contributed by atoms with Gasteiger partial charge in [-0.2, -0.15) is 0 Å². The lowest BCUT2D eigenvalue weighted by Gasteiger charge is -2.27. The SMILES string of the molecule is CCCCOc1ccc(OCC(=O)N(CCN(C)C)c2cc(OCC)ccc2OCC)cc1. The van der Waals surface area contributed by atoms with Gasteiger partial charge in [0.1, 0.15) is 23.0 Å². The Hall–Kier alpha value is -2.93. The maximum absolute atomic E-state index is 13.3. The fraction of sp³-hybridized carbons (Fsp3) is 0.500. The Kier molecular flexibility index (Phi) is 11.4. The van der Waals surface area contributed by atoms with E-state index in [1.54, 1.807) is 4.90 Å². The van der Waals surface area contributed by atoms with E-state index in [2.05, 4.69) is 6.92 Å². The maximum Gasteiger partial charge on any atom is 0.265 e. The Bertz CT molecular complexity index is 839. The number of likely N-dealkylation sites (N-methyl/N-ethyl adjacent to an activating group) is 1. The average Bonchev–Trinajstić information content (AvgIpc) is 2.80. The quantitative estimate of drug-likeness (QED) is 0.363. The van der Waals surface area contributed by atoms with E-state index in [9.17, 15) is 4.79 Å². The van der Waals surface area contributed by atoms with Gasteiger partial charge in [-0.1, -0.05) is 13.3 Å². The van der Waals surface area contributed by atoms with Crippen LogP contribution in [0.1, 0.15) is 33.6 Å². The van der Waals surface area contributed by atoms with Crippen LogP contribution in [0.3, 0.4) is 0 Å². The van der Waals surface area contributed by atoms with E-state index in [0.717, 1.165) is 18.6 Å². The standard InChI is InChI=1S/C26H38N2O5/c1-6-9-18-32-21-10-12-22(13-11-21)33-20-26(29)28(17-16-27(4)5)24-19-23(30-7-2)14-15-25(24)31-8-3/h10-15,19H,6-9,16-18,20H2,1-5H3. The van der Waals surface area contributed by atoms with Crippen molar-refractivity contribution >= 4 is 11.6 Å². The Balaban J connectivity index is 2.15. The average molecular weight is 459 g/mol. The first-order chi connectivity index (χ1) is 16.0. The Morgan fingerprint density at radius 3 is 2.03 bits per heavy atom. The molecule has 0 aliphatic heterocycles. The second-order valence-corrected chi connectivity index (χ2v) is 7.81. The van der Waals surface area contributed by atoms with Crippen molar-refractivity contribution in [3.63, 3.8) is 0 Å². The van der Waals surface area contributed by atoms with Gasteiger partial charge in [-0.3, -0.25) is 4.79 Å². The molecule has 2 aromatic rings. The van der Waals surface area contributed by atoms with E-state index >= 15 is 0 Å². The Morgan fingerprint density at radius 1 is 0.788 bits per heavy atom. The number of anilines is 1. The first-order valence-corrected chi connectivity index (χ1v) is 11.7. The van der Waals surface area contributed by atoms with Crippen LogP contribution in [0, 0.1) is 0 Å². The number of amides is 1. The van der Waals surface area contributed by atoms with Crippen LogP contribution in [0.15, 0.2) is 42.5 Å². The molecule has 7 nitrogen and oxygen atoms in total. The predicted octanol–water partition coefficient (Wildman–Crippen LogP) is 4.64. The molecule has 0 aliphatic rings. The minimum absolute atomic E-state index is 0.0894. The highest BCUT2D eigenvalue weighted by atomic mass is 16.5. The van der Waals surface area contributed by atoms with E-state index in [-0.39, 0.29) is 12.5 Å². The fourth-order valence-electron chi connectivity index (χ4n) is 3.11. The van der Waals surface area contributed by atoms with Gasteiger partial charge < -0.3 is 28.7 Å². The summed E-state index contributed by atoms with van der Waals surface area (Å²) in [6.45, 7) is 8.82. The third-order valence-corrected chi connectivity index (χ3v) is 4.86. The highest BCUT2D eigenvalue weighted by Crippen LogP contribution is 2.33. The zero-order valence-corrected chi connectivity index (χ0v) is 20.6. The second kappa shape index (κ2) is 14.3. The van der Waals surface area contributed by atoms with Gasteiger partial charge in [-0.15, -0.1) is 0 Å². The molecule has 0 bridgehead atoms. The number of carbonyl (C=O) groups excluding carboxylic acids is 1. The number of carbonyl (C=O) groups is 1. The number of ether oxygens (including phenoxy) is 4. The molecule has 0 spiro atoms. The van der Waals surface area contributed by atoms with Crippen LogP contribution in [0.4, 0.5) is 5.69 Å². The minimum Gasteiger partial charge on any atom is -0.494 e. The molecule has 0 radical (unpaired) electrons. The Labute approximate surface area is 198 Å². The summed E-state index contributed by atoms with van der Waals surface area (Å²) in [7, 11) is 3.95. The lowest BCUT2D eigenvalue weighted by Crippen LogP contribution is -2.39. The molecule has 0 aliphatic carbocycles. The molecule has 182 valence electrons. The topological polar surface area (TPSA) is 60.5 Å². The van der Waals surface area contributed by atoms with Crippen molar-refractivity contribution in [1.29, 1.82) is 0 Å². The van der Waals surface area contributed by atoms with E-state index in [1.165, 1.54) is 0 Å². The minimum atomic E-state index is -0.158. The smallest absolute Gasteiger partial charge is 0.265 e. The van der Waals surface area contributed by atoms with Crippen LogP contribution in [0.25, 0.3) is 0 Å². The summed E-state index contributed by atoms with van der Waals surface area (Å²) < 4.78 is 23.0. The van der Waals surface area contributed by atoms with Crippen LogP contribution in [0.5, 0.6) is 23.0 Å². The number of nitrogens with zero attached hydrogens (tertiary/aromatic N) is 2. The largest absolute Gasteiger partial charge is 0.494 e. The number of unbranched alkanes of at least 4 members (excludes halogenated alkanes) is 1. The lowest BCUT2D eigenvalue weighted by molar-refractivity contribution is -0.120. The molecular formula is C26H38N2O5. The van der Waals surface area contributed by atoms with Crippen LogP contribution in [-0.4, -0.2) is 64.4 Å². The highest BCUT2D eigenvalue weighted by Gasteiger charge is 2.21. The van der Waals surface area contributed by atoms with E-state index in [1.807, 2.05) is 75.3 Å². The molecule has 0 atom stereocenters. The first kappa shape index (κ1) is 26.3. The molecular weight excluding hydrogens is 420 g/mol. The van der Waals surface area contributed by atoms with Gasteiger partial charge in [0.25, 0.3) is 5.91 Å². The monoisotopic (exact) mass is 458 g/mol. The molecule has 0 saturated carbocycles. The zero-order valence-electron chi connectivity index (χ0n) is 20.6. The van der Waals surface area contributed by atoms with Gasteiger partial charge in [0.2, 0.25) is 0 Å². The highest BCUT2D eigenvalue weighted by molar-refractivity contribution is 5.96. The normalized spacial score (nSPS) is 10.7. The molecule has 7 heteroatoms.